The fourth-order valence-corrected chi connectivity index (χ4v) is 1.89. The molecule has 120 valence electrons. The quantitative estimate of drug-likeness (QED) is 0.366. The first-order valence-corrected chi connectivity index (χ1v) is 6.55. The molecular formula is C13H15NO8. The molecule has 1 N–H and O–H groups in total. The molecule has 0 saturated heterocycles. The topological polar surface area (TPSA) is 117 Å². The van der Waals surface area contributed by atoms with Gasteiger partial charge in [-0.3, -0.25) is 10.1 Å². The predicted octanol–water partition coefficient (Wildman–Crippen LogP) is 1.92. The Labute approximate surface area is 125 Å². The van der Waals surface area contributed by atoms with Gasteiger partial charge in [-0.2, -0.15) is 0 Å². The molecule has 1 atom stereocenters. The third-order valence-electron chi connectivity index (χ3n) is 2.95. The van der Waals surface area contributed by atoms with Crippen molar-refractivity contribution in [2.24, 2.45) is 0 Å². The first-order valence-electron chi connectivity index (χ1n) is 6.55. The number of carbonyl (C=O) groups is 1. The Morgan fingerprint density at radius 2 is 2.14 bits per heavy atom. The molecular weight excluding hydrogens is 298 g/mol. The van der Waals surface area contributed by atoms with Crippen LogP contribution in [-0.2, 0) is 9.47 Å². The summed E-state index contributed by atoms with van der Waals surface area (Å²) in [6, 6.07) is 2.64. The summed E-state index contributed by atoms with van der Waals surface area (Å²) in [6.45, 7) is 1.36. The third kappa shape index (κ3) is 3.55. The van der Waals surface area contributed by atoms with Crippen LogP contribution in [0.2, 0.25) is 0 Å². The standard InChI is InChI=1S/C13H15NO8/c1-8(22-13(16)19-4-2-3-15)9-5-11-12(21-7-20-11)6-10(9)14(17)18/h5-6,8,15H,2-4,7H2,1H3. The van der Waals surface area contributed by atoms with Gasteiger partial charge in [0.1, 0.15) is 6.10 Å². The number of benzene rings is 1. The molecule has 0 aromatic heterocycles. The minimum Gasteiger partial charge on any atom is -0.454 e. The summed E-state index contributed by atoms with van der Waals surface area (Å²) in [6.07, 6.45) is -1.59. The maximum Gasteiger partial charge on any atom is 0.508 e. The van der Waals surface area contributed by atoms with E-state index in [4.69, 9.17) is 24.1 Å². The average Bonchev–Trinajstić information content (AvgIpc) is 2.93. The van der Waals surface area contributed by atoms with E-state index in [9.17, 15) is 14.9 Å². The summed E-state index contributed by atoms with van der Waals surface area (Å²) in [4.78, 5) is 22.0. The summed E-state index contributed by atoms with van der Waals surface area (Å²) in [5.41, 5.74) is -0.0618. The van der Waals surface area contributed by atoms with Gasteiger partial charge in [-0.15, -0.1) is 0 Å². The Morgan fingerprint density at radius 1 is 1.45 bits per heavy atom. The summed E-state index contributed by atoms with van der Waals surface area (Å²) >= 11 is 0. The molecule has 1 aliphatic rings. The van der Waals surface area contributed by atoms with Crippen molar-refractivity contribution in [2.75, 3.05) is 20.0 Å². The first-order chi connectivity index (χ1) is 10.5. The Balaban J connectivity index is 2.13. The van der Waals surface area contributed by atoms with Crippen LogP contribution in [0.25, 0.3) is 0 Å². The molecule has 1 aliphatic heterocycles. The Hall–Kier alpha value is -2.55. The van der Waals surface area contributed by atoms with Crippen molar-refractivity contribution in [1.82, 2.24) is 0 Å². The molecule has 0 bridgehead atoms. The number of hydrogen-bond acceptors (Lipinski definition) is 8. The second-order valence-electron chi connectivity index (χ2n) is 4.46. The Kier molecular flexibility index (Phi) is 4.99. The summed E-state index contributed by atoms with van der Waals surface area (Å²) < 4.78 is 20.0. The minimum absolute atomic E-state index is 0.00524. The summed E-state index contributed by atoms with van der Waals surface area (Å²) in [5.74, 6) is 0.623. The fourth-order valence-electron chi connectivity index (χ4n) is 1.89. The Morgan fingerprint density at radius 3 is 2.77 bits per heavy atom. The minimum atomic E-state index is -0.965. The van der Waals surface area contributed by atoms with Crippen molar-refractivity contribution >= 4 is 11.8 Å². The lowest BCUT2D eigenvalue weighted by atomic mass is 10.1. The molecule has 1 aromatic rings. The highest BCUT2D eigenvalue weighted by molar-refractivity contribution is 5.62. The summed E-state index contributed by atoms with van der Waals surface area (Å²) in [5, 5.41) is 19.7. The number of carbonyl (C=O) groups excluding carboxylic acids is 1. The smallest absolute Gasteiger partial charge is 0.454 e. The van der Waals surface area contributed by atoms with Gasteiger partial charge in [-0.05, 0) is 13.0 Å². The van der Waals surface area contributed by atoms with Crippen LogP contribution < -0.4 is 9.47 Å². The van der Waals surface area contributed by atoms with Crippen molar-refractivity contribution in [3.05, 3.63) is 27.8 Å². The molecule has 0 amide bonds. The maximum atomic E-state index is 11.5. The van der Waals surface area contributed by atoms with Crippen LogP contribution in [-0.4, -0.2) is 36.2 Å². The van der Waals surface area contributed by atoms with Crippen LogP contribution in [0.1, 0.15) is 25.0 Å². The highest BCUT2D eigenvalue weighted by Gasteiger charge is 2.28. The lowest BCUT2D eigenvalue weighted by Gasteiger charge is -2.14. The van der Waals surface area contributed by atoms with E-state index in [-0.39, 0.29) is 43.4 Å². The molecule has 1 unspecified atom stereocenters. The van der Waals surface area contributed by atoms with E-state index in [0.717, 1.165) is 0 Å². The van der Waals surface area contributed by atoms with Crippen LogP contribution in [0.3, 0.4) is 0 Å². The SMILES string of the molecule is CC(OC(=O)OCCCO)c1cc2c(cc1[N+](=O)[O-])OCO2. The largest absolute Gasteiger partial charge is 0.508 e. The molecule has 9 heteroatoms. The molecule has 0 spiro atoms. The number of aliphatic hydroxyl groups is 1. The van der Waals surface area contributed by atoms with Crippen molar-refractivity contribution in [2.45, 2.75) is 19.4 Å². The van der Waals surface area contributed by atoms with E-state index in [1.54, 1.807) is 0 Å². The number of fused-ring (bicyclic) bond motifs is 1. The normalized spacial score (nSPS) is 13.5. The number of ether oxygens (including phenoxy) is 4. The molecule has 0 saturated carbocycles. The monoisotopic (exact) mass is 313 g/mol. The summed E-state index contributed by atoms with van der Waals surface area (Å²) in [7, 11) is 0. The van der Waals surface area contributed by atoms with Crippen molar-refractivity contribution in [3.63, 3.8) is 0 Å². The third-order valence-corrected chi connectivity index (χ3v) is 2.95. The van der Waals surface area contributed by atoms with Crippen LogP contribution in [0.5, 0.6) is 11.5 Å². The predicted molar refractivity (Wildman–Crippen MR) is 71.8 cm³/mol. The van der Waals surface area contributed by atoms with Gasteiger partial charge in [0.25, 0.3) is 5.69 Å². The van der Waals surface area contributed by atoms with Gasteiger partial charge in [-0.1, -0.05) is 0 Å². The van der Waals surface area contributed by atoms with E-state index in [1.807, 2.05) is 0 Å². The average molecular weight is 313 g/mol. The fraction of sp³-hybridized carbons (Fsp3) is 0.462. The Bertz CT molecular complexity index is 573. The van der Waals surface area contributed by atoms with Gasteiger partial charge in [0.15, 0.2) is 11.5 Å². The number of nitrogens with zero attached hydrogens (tertiary/aromatic N) is 1. The van der Waals surface area contributed by atoms with E-state index >= 15 is 0 Å². The van der Waals surface area contributed by atoms with E-state index in [2.05, 4.69) is 0 Å². The van der Waals surface area contributed by atoms with Crippen molar-refractivity contribution < 1.29 is 33.8 Å². The number of nitro groups is 1. The van der Waals surface area contributed by atoms with Gasteiger partial charge in [0.05, 0.1) is 23.2 Å². The second-order valence-corrected chi connectivity index (χ2v) is 4.46. The lowest BCUT2D eigenvalue weighted by Crippen LogP contribution is -2.13. The molecule has 0 fully saturated rings. The number of rotatable bonds is 6. The van der Waals surface area contributed by atoms with Crippen molar-refractivity contribution in [1.29, 1.82) is 0 Å². The van der Waals surface area contributed by atoms with Gasteiger partial charge in [0, 0.05) is 13.0 Å². The van der Waals surface area contributed by atoms with Crippen molar-refractivity contribution in [3.8, 4) is 11.5 Å². The number of aliphatic hydroxyl groups excluding tert-OH is 1. The molecule has 0 radical (unpaired) electrons. The zero-order valence-corrected chi connectivity index (χ0v) is 11.8. The lowest BCUT2D eigenvalue weighted by molar-refractivity contribution is -0.386. The number of hydrogen-bond donors (Lipinski definition) is 1. The van der Waals surface area contributed by atoms with E-state index < -0.39 is 17.2 Å². The molecule has 2 rings (SSSR count). The van der Waals surface area contributed by atoms with E-state index in [1.165, 1.54) is 19.1 Å². The number of nitro benzene ring substituents is 1. The zero-order chi connectivity index (χ0) is 16.1. The molecule has 9 nitrogen and oxygen atoms in total. The molecule has 22 heavy (non-hydrogen) atoms. The maximum absolute atomic E-state index is 11.5. The van der Waals surface area contributed by atoms with Gasteiger partial charge >= 0.3 is 6.16 Å². The van der Waals surface area contributed by atoms with Gasteiger partial charge in [0.2, 0.25) is 6.79 Å². The highest BCUT2D eigenvalue weighted by Crippen LogP contribution is 2.40. The van der Waals surface area contributed by atoms with Gasteiger partial charge < -0.3 is 24.1 Å². The van der Waals surface area contributed by atoms with Crippen LogP contribution >= 0.6 is 0 Å². The molecule has 1 heterocycles. The molecule has 0 aliphatic carbocycles. The molecule has 1 aromatic carbocycles. The first kappa shape index (κ1) is 15.8. The van der Waals surface area contributed by atoms with Crippen LogP contribution in [0, 0.1) is 10.1 Å². The van der Waals surface area contributed by atoms with Crippen LogP contribution in [0.4, 0.5) is 10.5 Å². The second kappa shape index (κ2) is 6.94. The van der Waals surface area contributed by atoms with Gasteiger partial charge in [-0.25, -0.2) is 4.79 Å². The zero-order valence-electron chi connectivity index (χ0n) is 11.8. The highest BCUT2D eigenvalue weighted by atomic mass is 16.7. The van der Waals surface area contributed by atoms with E-state index in [0.29, 0.717) is 5.75 Å². The van der Waals surface area contributed by atoms with Crippen LogP contribution in [0.15, 0.2) is 12.1 Å².